The van der Waals surface area contributed by atoms with Gasteiger partial charge in [0.15, 0.2) is 10.6 Å². The third-order valence-electron chi connectivity index (χ3n) is 8.12. The molecule has 212 valence electrons. The van der Waals surface area contributed by atoms with Crippen LogP contribution in [0.4, 0.5) is 13.2 Å². The van der Waals surface area contributed by atoms with Crippen molar-refractivity contribution in [3.8, 4) is 0 Å². The molecule has 0 spiro atoms. The van der Waals surface area contributed by atoms with E-state index in [2.05, 4.69) is 4.90 Å². The monoisotopic (exact) mass is 557 g/mol. The lowest BCUT2D eigenvalue weighted by Crippen LogP contribution is -2.83. The van der Waals surface area contributed by atoms with E-state index in [1.165, 1.54) is 12.0 Å². The summed E-state index contributed by atoms with van der Waals surface area (Å²) in [6.45, 7) is 8.50. The standard InChI is InChI=1S/C21H35ClF3N7O5/c1-5-27-7-9-29(15(3)12-27)20(30-10-8-28(6-2)13-17(30)37-4)11-16(26)18(31(33)34,32(35)36)14-19(20,22)21(23,24)25/h11,15,17H,5-10,12-14,26H2,1-4H3. The number of rotatable bonds is 7. The number of nitrogens with two attached hydrogens (primary N) is 1. The first-order valence-electron chi connectivity index (χ1n) is 12.2. The van der Waals surface area contributed by atoms with Crippen molar-refractivity contribution in [2.45, 2.75) is 61.8 Å². The van der Waals surface area contributed by atoms with Gasteiger partial charge in [-0.2, -0.15) is 13.2 Å². The zero-order valence-electron chi connectivity index (χ0n) is 21.4. The van der Waals surface area contributed by atoms with Gasteiger partial charge in [-0.25, -0.2) is 0 Å². The Bertz CT molecular complexity index is 913. The summed E-state index contributed by atoms with van der Waals surface area (Å²) in [5.41, 5.74) is -0.584. The van der Waals surface area contributed by atoms with Gasteiger partial charge in [-0.3, -0.25) is 34.9 Å². The van der Waals surface area contributed by atoms with E-state index in [9.17, 15) is 20.2 Å². The Kier molecular flexibility index (Phi) is 8.38. The van der Waals surface area contributed by atoms with Crippen LogP contribution < -0.4 is 5.73 Å². The molecule has 0 saturated carbocycles. The van der Waals surface area contributed by atoms with Gasteiger partial charge in [0, 0.05) is 52.4 Å². The second-order valence-corrected chi connectivity index (χ2v) is 10.5. The Balaban J connectivity index is 2.37. The number of methoxy groups -OCH3 is 1. The Hall–Kier alpha value is -1.78. The number of nitrogens with zero attached hydrogens (tertiary/aromatic N) is 6. The fraction of sp³-hybridized carbons (Fsp3) is 0.905. The van der Waals surface area contributed by atoms with Gasteiger partial charge in [-0.15, -0.1) is 11.6 Å². The minimum absolute atomic E-state index is 0.0608. The number of alkyl halides is 4. The number of nitro groups is 2. The van der Waals surface area contributed by atoms with Crippen LogP contribution in [0.15, 0.2) is 11.8 Å². The molecule has 4 unspecified atom stereocenters. The molecule has 2 saturated heterocycles. The molecule has 16 heteroatoms. The largest absolute Gasteiger partial charge is 0.499 e. The molecule has 0 amide bonds. The molecular weight excluding hydrogens is 523 g/mol. The van der Waals surface area contributed by atoms with Crippen molar-refractivity contribution < 1.29 is 27.8 Å². The highest BCUT2D eigenvalue weighted by atomic mass is 35.5. The topological polar surface area (TPSA) is 134 Å². The average molecular weight is 558 g/mol. The van der Waals surface area contributed by atoms with Gasteiger partial charge in [0.1, 0.15) is 28.2 Å². The average Bonchev–Trinajstić information content (AvgIpc) is 2.83. The predicted octanol–water partition coefficient (Wildman–Crippen LogP) is 1.35. The van der Waals surface area contributed by atoms with Gasteiger partial charge in [-0.05, 0) is 26.1 Å². The number of piperazine rings is 2. The minimum Gasteiger partial charge on any atom is -0.390 e. The predicted molar refractivity (Wildman–Crippen MR) is 129 cm³/mol. The molecule has 2 N–H and O–H groups in total. The smallest absolute Gasteiger partial charge is 0.390 e. The molecule has 0 aromatic heterocycles. The van der Waals surface area contributed by atoms with E-state index in [4.69, 9.17) is 22.1 Å². The van der Waals surface area contributed by atoms with Crippen molar-refractivity contribution in [2.24, 2.45) is 5.73 Å². The summed E-state index contributed by atoms with van der Waals surface area (Å²) >= 11 is 6.61. The molecule has 4 atom stereocenters. The number of hydrogen-bond acceptors (Lipinski definition) is 10. The van der Waals surface area contributed by atoms with Gasteiger partial charge in [0.2, 0.25) is 0 Å². The molecule has 0 aromatic rings. The molecule has 37 heavy (non-hydrogen) atoms. The van der Waals surface area contributed by atoms with Crippen molar-refractivity contribution >= 4 is 11.6 Å². The van der Waals surface area contributed by atoms with Crippen LogP contribution in [0.5, 0.6) is 0 Å². The van der Waals surface area contributed by atoms with Crippen LogP contribution in [-0.4, -0.2) is 124 Å². The molecule has 2 heterocycles. The maximum atomic E-state index is 15.2. The van der Waals surface area contributed by atoms with Crippen LogP contribution in [0.25, 0.3) is 0 Å². The van der Waals surface area contributed by atoms with Gasteiger partial charge in [0.25, 0.3) is 0 Å². The lowest BCUT2D eigenvalue weighted by atomic mass is 9.72. The third-order valence-corrected chi connectivity index (χ3v) is 8.74. The maximum Gasteiger partial charge on any atom is 0.499 e. The van der Waals surface area contributed by atoms with Crippen LogP contribution in [-0.2, 0) is 4.74 Å². The summed E-state index contributed by atoms with van der Waals surface area (Å²) in [7, 11) is 1.36. The maximum absolute atomic E-state index is 15.2. The molecule has 1 aliphatic carbocycles. The minimum atomic E-state index is -5.30. The van der Waals surface area contributed by atoms with E-state index in [0.29, 0.717) is 32.7 Å². The zero-order chi connectivity index (χ0) is 28.0. The van der Waals surface area contributed by atoms with Gasteiger partial charge < -0.3 is 15.4 Å². The number of halogens is 4. The van der Waals surface area contributed by atoms with E-state index in [1.54, 1.807) is 11.8 Å². The summed E-state index contributed by atoms with van der Waals surface area (Å²) in [4.78, 5) is 24.8. The van der Waals surface area contributed by atoms with Crippen LogP contribution in [0.3, 0.4) is 0 Å². The van der Waals surface area contributed by atoms with E-state index < -0.39 is 56.6 Å². The molecule has 2 fully saturated rings. The second-order valence-electron chi connectivity index (χ2n) is 9.84. The fourth-order valence-corrected chi connectivity index (χ4v) is 6.49. The quantitative estimate of drug-likeness (QED) is 0.211. The van der Waals surface area contributed by atoms with Crippen LogP contribution >= 0.6 is 11.6 Å². The molecule has 3 rings (SSSR count). The molecule has 12 nitrogen and oxygen atoms in total. The van der Waals surface area contributed by atoms with Crippen LogP contribution in [0.2, 0.25) is 0 Å². The summed E-state index contributed by atoms with van der Waals surface area (Å²) in [6, 6.07) is -0.501. The zero-order valence-corrected chi connectivity index (χ0v) is 22.2. The summed E-state index contributed by atoms with van der Waals surface area (Å²) in [5, 5.41) is 24.0. The molecule has 0 radical (unpaired) electrons. The Morgan fingerprint density at radius 3 is 2.03 bits per heavy atom. The third kappa shape index (κ3) is 4.46. The normalized spacial score (nSPS) is 34.8. The summed E-state index contributed by atoms with van der Waals surface area (Å²) in [5.74, 6) is 0. The Morgan fingerprint density at radius 1 is 1.08 bits per heavy atom. The van der Waals surface area contributed by atoms with E-state index in [0.717, 1.165) is 6.08 Å². The summed E-state index contributed by atoms with van der Waals surface area (Å²) < 4.78 is 51.3. The van der Waals surface area contributed by atoms with E-state index >= 15 is 13.2 Å². The molecule has 0 bridgehead atoms. The van der Waals surface area contributed by atoms with Gasteiger partial charge in [-0.1, -0.05) is 13.8 Å². The highest BCUT2D eigenvalue weighted by Crippen LogP contribution is 2.58. The van der Waals surface area contributed by atoms with Crippen molar-refractivity contribution in [3.63, 3.8) is 0 Å². The first-order chi connectivity index (χ1) is 17.2. The highest BCUT2D eigenvalue weighted by Gasteiger charge is 2.81. The first kappa shape index (κ1) is 29.8. The van der Waals surface area contributed by atoms with Crippen LogP contribution in [0.1, 0.15) is 27.2 Å². The molecular formula is C21H35ClF3N7O5. The highest BCUT2D eigenvalue weighted by molar-refractivity contribution is 6.26. The Labute approximate surface area is 218 Å². The molecule has 2 aliphatic heterocycles. The Morgan fingerprint density at radius 2 is 1.59 bits per heavy atom. The number of ether oxygens (including phenoxy) is 1. The second kappa shape index (κ2) is 10.4. The van der Waals surface area contributed by atoms with Crippen molar-refractivity contribution in [2.75, 3.05) is 59.5 Å². The van der Waals surface area contributed by atoms with E-state index in [-0.39, 0.29) is 19.6 Å². The summed E-state index contributed by atoms with van der Waals surface area (Å²) in [6.07, 6.45) is -7.05. The SMILES string of the molecule is CCN1CCN(C2(N3CCN(CC)CC3OC)C=C(N)C([N+](=O)[O-])([N+](=O)[O-])CC2(Cl)C(F)(F)F)C(C)C1. The number of likely N-dealkylation sites (N-methyl/N-ethyl adjacent to an activating group) is 2. The van der Waals surface area contributed by atoms with Gasteiger partial charge >= 0.3 is 11.8 Å². The van der Waals surface area contributed by atoms with Gasteiger partial charge in [0.05, 0.1) is 0 Å². The van der Waals surface area contributed by atoms with Crippen molar-refractivity contribution in [1.82, 2.24) is 19.6 Å². The molecule has 0 aromatic carbocycles. The first-order valence-corrected chi connectivity index (χ1v) is 12.6. The van der Waals surface area contributed by atoms with Crippen molar-refractivity contribution in [1.29, 1.82) is 0 Å². The lowest BCUT2D eigenvalue weighted by molar-refractivity contribution is -0.788. The van der Waals surface area contributed by atoms with E-state index in [1.807, 2.05) is 18.7 Å². The fourth-order valence-electron chi connectivity index (χ4n) is 6.03. The lowest BCUT2D eigenvalue weighted by Gasteiger charge is -2.63. The molecule has 3 aliphatic rings. The van der Waals surface area contributed by atoms with Crippen LogP contribution in [0, 0.1) is 20.2 Å². The number of hydrogen-bond donors (Lipinski definition) is 1. The van der Waals surface area contributed by atoms with Crippen molar-refractivity contribution in [3.05, 3.63) is 32.0 Å².